The molecule has 3 heterocycles. The first-order valence-electron chi connectivity index (χ1n) is 6.28. The molecule has 5 nitrogen and oxygen atoms in total. The Morgan fingerprint density at radius 2 is 1.82 bits per heavy atom. The summed E-state index contributed by atoms with van der Waals surface area (Å²) in [6, 6.07) is 1.21. The zero-order valence-corrected chi connectivity index (χ0v) is 11.0. The van der Waals surface area contributed by atoms with E-state index in [2.05, 4.69) is 18.7 Å². The Balaban J connectivity index is 1.88. The van der Waals surface area contributed by atoms with Crippen LogP contribution in [0.5, 0.6) is 0 Å². The second-order valence-electron chi connectivity index (χ2n) is 5.19. The Kier molecular flexibility index (Phi) is 3.58. The Morgan fingerprint density at radius 1 is 1.24 bits per heavy atom. The highest BCUT2D eigenvalue weighted by molar-refractivity contribution is 5.70. The first-order valence-corrected chi connectivity index (χ1v) is 6.28. The molecule has 0 aromatic rings. The molecule has 2 bridgehead atoms. The Hall–Kier alpha value is -0.810. The van der Waals surface area contributed by atoms with Crippen LogP contribution in [0.25, 0.3) is 0 Å². The zero-order valence-electron chi connectivity index (χ0n) is 11.0. The van der Waals surface area contributed by atoms with Crippen molar-refractivity contribution in [2.24, 2.45) is 0 Å². The molecule has 0 aromatic carbocycles. The zero-order chi connectivity index (χ0) is 12.6. The summed E-state index contributed by atoms with van der Waals surface area (Å²) < 4.78 is 10.1. The largest absolute Gasteiger partial charge is 0.420 e. The number of ether oxygens (including phenoxy) is 2. The fraction of sp³-hybridized carbons (Fsp3) is 0.917. The lowest BCUT2D eigenvalue weighted by Gasteiger charge is -2.56. The molecule has 3 unspecified atom stereocenters. The lowest BCUT2D eigenvalue weighted by molar-refractivity contribution is -0.115. The lowest BCUT2D eigenvalue weighted by Crippen LogP contribution is -2.71. The minimum atomic E-state index is -0.468. The maximum atomic E-state index is 11.9. The third-order valence-corrected chi connectivity index (χ3v) is 3.76. The predicted molar refractivity (Wildman–Crippen MR) is 63.7 cm³/mol. The van der Waals surface area contributed by atoms with E-state index in [1.807, 2.05) is 4.90 Å². The molecule has 5 heteroatoms. The number of fused-ring (bicyclic) bond motifs is 2. The summed E-state index contributed by atoms with van der Waals surface area (Å²) in [7, 11) is 1.54. The van der Waals surface area contributed by atoms with E-state index in [0.717, 1.165) is 19.5 Å². The fourth-order valence-corrected chi connectivity index (χ4v) is 2.61. The van der Waals surface area contributed by atoms with Crippen molar-refractivity contribution < 1.29 is 14.3 Å². The second-order valence-corrected chi connectivity index (χ2v) is 5.19. The number of piperazine rings is 1. The monoisotopic (exact) mass is 242 g/mol. The molecule has 3 atom stereocenters. The molecule has 3 aliphatic rings. The van der Waals surface area contributed by atoms with Crippen LogP contribution in [0.2, 0.25) is 0 Å². The normalized spacial score (nSPS) is 30.1. The number of hydrogen-bond acceptors (Lipinski definition) is 4. The lowest BCUT2D eigenvalue weighted by atomic mass is 9.87. The van der Waals surface area contributed by atoms with Crippen LogP contribution >= 0.6 is 0 Å². The van der Waals surface area contributed by atoms with Gasteiger partial charge in [0.05, 0.1) is 12.1 Å². The Labute approximate surface area is 103 Å². The van der Waals surface area contributed by atoms with Gasteiger partial charge in [-0.2, -0.15) is 0 Å². The number of amides is 1. The van der Waals surface area contributed by atoms with Gasteiger partial charge in [0, 0.05) is 26.2 Å². The highest BCUT2D eigenvalue weighted by Crippen LogP contribution is 2.33. The minimum Gasteiger partial charge on any atom is -0.420 e. The third kappa shape index (κ3) is 2.40. The summed E-state index contributed by atoms with van der Waals surface area (Å²) in [5, 5.41) is 0. The van der Waals surface area contributed by atoms with E-state index < -0.39 is 6.29 Å². The van der Waals surface area contributed by atoms with Crippen LogP contribution in [-0.2, 0) is 9.47 Å². The molecule has 0 aromatic heterocycles. The predicted octanol–water partition coefficient (Wildman–Crippen LogP) is 1.28. The highest BCUT2D eigenvalue weighted by Gasteiger charge is 2.48. The van der Waals surface area contributed by atoms with Crippen molar-refractivity contribution in [1.29, 1.82) is 0 Å². The summed E-state index contributed by atoms with van der Waals surface area (Å²) in [6.07, 6.45) is 0.411. The van der Waals surface area contributed by atoms with Crippen LogP contribution in [0.4, 0.5) is 4.79 Å². The number of carbonyl (C=O) groups is 1. The van der Waals surface area contributed by atoms with Gasteiger partial charge in [-0.1, -0.05) is 0 Å². The molecule has 0 radical (unpaired) electrons. The van der Waals surface area contributed by atoms with Gasteiger partial charge in [0.15, 0.2) is 0 Å². The topological polar surface area (TPSA) is 42.0 Å². The van der Waals surface area contributed by atoms with Gasteiger partial charge in [0.25, 0.3) is 0 Å². The summed E-state index contributed by atoms with van der Waals surface area (Å²) >= 11 is 0. The molecule has 3 fully saturated rings. The van der Waals surface area contributed by atoms with E-state index in [0.29, 0.717) is 18.1 Å². The van der Waals surface area contributed by atoms with Crippen LogP contribution in [-0.4, -0.2) is 60.5 Å². The van der Waals surface area contributed by atoms with Crippen LogP contribution in [0.15, 0.2) is 0 Å². The molecular weight excluding hydrogens is 220 g/mol. The smallest absolute Gasteiger partial charge is 0.412 e. The average molecular weight is 242 g/mol. The molecular formula is C12H22N2O3. The minimum absolute atomic E-state index is 0.232. The highest BCUT2D eigenvalue weighted by atomic mass is 16.7. The van der Waals surface area contributed by atoms with Crippen molar-refractivity contribution in [3.8, 4) is 0 Å². The van der Waals surface area contributed by atoms with Gasteiger partial charge in [-0.25, -0.2) is 4.79 Å². The van der Waals surface area contributed by atoms with Crippen molar-refractivity contribution in [2.75, 3.05) is 20.2 Å². The van der Waals surface area contributed by atoms with E-state index in [4.69, 9.17) is 9.47 Å². The number of piperidine rings is 1. The quantitative estimate of drug-likeness (QED) is 0.699. The van der Waals surface area contributed by atoms with Gasteiger partial charge >= 0.3 is 6.09 Å². The van der Waals surface area contributed by atoms with Crippen molar-refractivity contribution >= 4 is 6.09 Å². The standard InChI is InChI=1S/C12H22N2O3/c1-8(2)13-6-10-5-11(7-13)14(10)12(15)17-9(3)16-4/h8-11H,5-7H2,1-4H3. The summed E-state index contributed by atoms with van der Waals surface area (Å²) in [5.41, 5.74) is 0. The fourth-order valence-electron chi connectivity index (χ4n) is 2.61. The van der Waals surface area contributed by atoms with Crippen molar-refractivity contribution in [2.45, 2.75) is 51.6 Å². The van der Waals surface area contributed by atoms with Crippen LogP contribution in [0.1, 0.15) is 27.2 Å². The van der Waals surface area contributed by atoms with Crippen LogP contribution in [0.3, 0.4) is 0 Å². The summed E-state index contributed by atoms with van der Waals surface area (Å²) in [6.45, 7) is 8.05. The van der Waals surface area contributed by atoms with E-state index in [-0.39, 0.29) is 6.09 Å². The van der Waals surface area contributed by atoms with Gasteiger partial charge in [0.1, 0.15) is 0 Å². The van der Waals surface area contributed by atoms with Gasteiger partial charge in [-0.15, -0.1) is 0 Å². The molecule has 17 heavy (non-hydrogen) atoms. The molecule has 3 aliphatic heterocycles. The first kappa shape index (κ1) is 12.6. The molecule has 3 saturated heterocycles. The second kappa shape index (κ2) is 4.82. The number of carbonyl (C=O) groups excluding carboxylic acids is 1. The van der Waals surface area contributed by atoms with E-state index >= 15 is 0 Å². The molecule has 0 saturated carbocycles. The number of methoxy groups -OCH3 is 1. The molecule has 0 spiro atoms. The van der Waals surface area contributed by atoms with E-state index in [1.54, 1.807) is 6.92 Å². The van der Waals surface area contributed by atoms with Gasteiger partial charge in [0.2, 0.25) is 6.29 Å². The van der Waals surface area contributed by atoms with Gasteiger partial charge in [-0.3, -0.25) is 9.80 Å². The number of nitrogens with zero attached hydrogens (tertiary/aromatic N) is 2. The van der Waals surface area contributed by atoms with E-state index in [1.165, 1.54) is 7.11 Å². The maximum Gasteiger partial charge on any atom is 0.412 e. The third-order valence-electron chi connectivity index (χ3n) is 3.76. The van der Waals surface area contributed by atoms with Crippen LogP contribution in [0, 0.1) is 0 Å². The Morgan fingerprint density at radius 3 is 2.29 bits per heavy atom. The summed E-state index contributed by atoms with van der Waals surface area (Å²) in [4.78, 5) is 16.2. The molecule has 0 aliphatic carbocycles. The first-order chi connectivity index (χ1) is 8.02. The molecule has 0 N–H and O–H groups in total. The molecule has 1 amide bonds. The number of hydrogen-bond donors (Lipinski definition) is 0. The average Bonchev–Trinajstić information content (AvgIpc) is 2.28. The van der Waals surface area contributed by atoms with Crippen molar-refractivity contribution in [3.05, 3.63) is 0 Å². The Bertz CT molecular complexity index is 283. The van der Waals surface area contributed by atoms with Crippen molar-refractivity contribution in [1.82, 2.24) is 9.80 Å². The SMILES string of the molecule is COC(C)OC(=O)N1C2CC1CN(C(C)C)C2. The molecule has 98 valence electrons. The maximum absolute atomic E-state index is 11.9. The van der Waals surface area contributed by atoms with Gasteiger partial charge in [-0.05, 0) is 27.2 Å². The molecule has 3 rings (SSSR count). The van der Waals surface area contributed by atoms with Crippen LogP contribution < -0.4 is 0 Å². The number of rotatable bonds is 3. The van der Waals surface area contributed by atoms with E-state index in [9.17, 15) is 4.79 Å². The van der Waals surface area contributed by atoms with Gasteiger partial charge < -0.3 is 9.47 Å². The summed E-state index contributed by atoms with van der Waals surface area (Å²) in [5.74, 6) is 0. The van der Waals surface area contributed by atoms with Crippen molar-refractivity contribution in [3.63, 3.8) is 0 Å².